The van der Waals surface area contributed by atoms with Crippen molar-refractivity contribution in [3.05, 3.63) is 46.2 Å². The van der Waals surface area contributed by atoms with Crippen LogP contribution in [0.4, 0.5) is 5.69 Å². The van der Waals surface area contributed by atoms with Gasteiger partial charge in [-0.3, -0.25) is 9.59 Å². The van der Waals surface area contributed by atoms with Crippen molar-refractivity contribution in [2.75, 3.05) is 25.6 Å². The molecule has 25 heavy (non-hydrogen) atoms. The molecule has 0 saturated heterocycles. The molecule has 0 radical (unpaired) electrons. The molecule has 1 aliphatic heterocycles. The van der Waals surface area contributed by atoms with Gasteiger partial charge in [-0.1, -0.05) is 6.07 Å². The smallest absolute Gasteiger partial charge is 0.338 e. The molecule has 0 fully saturated rings. The van der Waals surface area contributed by atoms with Crippen LogP contribution in [0.5, 0.6) is 5.75 Å². The Kier molecular flexibility index (Phi) is 4.99. The normalized spacial score (nSPS) is 12.6. The lowest BCUT2D eigenvalue weighted by molar-refractivity contribution is -0.133. The van der Waals surface area contributed by atoms with Crippen LogP contribution in [0.3, 0.4) is 0 Å². The molecule has 0 spiro atoms. The third kappa shape index (κ3) is 4.16. The number of benzene rings is 1. The minimum absolute atomic E-state index is 0.0997. The molecule has 1 aromatic carbocycles. The SMILES string of the molecule is CN(Cc1cccs1)C(=O)COC(=O)c1ccc2c(c1)OCC(=O)N2. The van der Waals surface area contributed by atoms with Gasteiger partial charge in [0, 0.05) is 11.9 Å². The van der Waals surface area contributed by atoms with Crippen molar-refractivity contribution in [2.24, 2.45) is 0 Å². The van der Waals surface area contributed by atoms with Gasteiger partial charge in [-0.15, -0.1) is 11.3 Å². The van der Waals surface area contributed by atoms with Gasteiger partial charge in [-0.05, 0) is 29.6 Å². The number of rotatable bonds is 5. The number of nitrogens with one attached hydrogen (secondary N) is 1. The van der Waals surface area contributed by atoms with Crippen LogP contribution in [-0.2, 0) is 20.9 Å². The summed E-state index contributed by atoms with van der Waals surface area (Å²) in [6.07, 6.45) is 0. The van der Waals surface area contributed by atoms with Crippen LogP contribution in [0.2, 0.25) is 0 Å². The van der Waals surface area contributed by atoms with E-state index in [1.54, 1.807) is 24.5 Å². The molecule has 1 N–H and O–H groups in total. The first kappa shape index (κ1) is 17.0. The number of esters is 1. The summed E-state index contributed by atoms with van der Waals surface area (Å²) in [7, 11) is 1.66. The van der Waals surface area contributed by atoms with Gasteiger partial charge in [0.1, 0.15) is 5.75 Å². The number of likely N-dealkylation sites (N-methyl/N-ethyl adjacent to an activating group) is 1. The highest BCUT2D eigenvalue weighted by Crippen LogP contribution is 2.28. The fourth-order valence-corrected chi connectivity index (χ4v) is 3.00. The van der Waals surface area contributed by atoms with E-state index in [2.05, 4.69) is 5.32 Å². The number of hydrogen-bond donors (Lipinski definition) is 1. The van der Waals surface area contributed by atoms with Gasteiger partial charge in [0.25, 0.3) is 11.8 Å². The first-order valence-electron chi connectivity index (χ1n) is 7.53. The maximum atomic E-state index is 12.1. The molecule has 130 valence electrons. The third-order valence-electron chi connectivity index (χ3n) is 3.58. The molecule has 0 bridgehead atoms. The summed E-state index contributed by atoms with van der Waals surface area (Å²) in [6, 6.07) is 8.41. The van der Waals surface area contributed by atoms with E-state index in [-0.39, 0.29) is 30.6 Å². The van der Waals surface area contributed by atoms with Crippen molar-refractivity contribution in [1.82, 2.24) is 4.90 Å². The van der Waals surface area contributed by atoms with Crippen LogP contribution >= 0.6 is 11.3 Å². The lowest BCUT2D eigenvalue weighted by atomic mass is 10.1. The lowest BCUT2D eigenvalue weighted by Gasteiger charge is -2.18. The predicted molar refractivity (Wildman–Crippen MR) is 91.6 cm³/mol. The molecule has 0 unspecified atom stereocenters. The topological polar surface area (TPSA) is 84.9 Å². The Morgan fingerprint density at radius 2 is 2.20 bits per heavy atom. The molecule has 2 aromatic rings. The second-order valence-electron chi connectivity index (χ2n) is 5.45. The van der Waals surface area contributed by atoms with Crippen LogP contribution in [0.1, 0.15) is 15.2 Å². The standard InChI is InChI=1S/C17H16N2O5S/c1-19(8-12-3-2-6-25-12)16(21)10-24-17(22)11-4-5-13-14(7-11)23-9-15(20)18-13/h2-7H,8-10H2,1H3,(H,18,20). The van der Waals surface area contributed by atoms with Crippen LogP contribution in [0.25, 0.3) is 0 Å². The van der Waals surface area contributed by atoms with Crippen LogP contribution < -0.4 is 10.1 Å². The number of thiophene rings is 1. The van der Waals surface area contributed by atoms with E-state index >= 15 is 0 Å². The van der Waals surface area contributed by atoms with E-state index in [0.29, 0.717) is 18.0 Å². The molecule has 1 aromatic heterocycles. The molecule has 8 heteroatoms. The van der Waals surface area contributed by atoms with E-state index in [9.17, 15) is 14.4 Å². The highest BCUT2D eigenvalue weighted by atomic mass is 32.1. The summed E-state index contributed by atoms with van der Waals surface area (Å²) in [4.78, 5) is 37.9. The van der Waals surface area contributed by atoms with Crippen molar-refractivity contribution < 1.29 is 23.9 Å². The highest BCUT2D eigenvalue weighted by Gasteiger charge is 2.19. The Bertz CT molecular complexity index is 803. The fraction of sp³-hybridized carbons (Fsp3) is 0.235. The van der Waals surface area contributed by atoms with Gasteiger partial charge in [0.15, 0.2) is 13.2 Å². The van der Waals surface area contributed by atoms with Gasteiger partial charge in [0.2, 0.25) is 0 Å². The number of carbonyl (C=O) groups excluding carboxylic acids is 3. The van der Waals surface area contributed by atoms with E-state index in [0.717, 1.165) is 4.88 Å². The van der Waals surface area contributed by atoms with Crippen molar-refractivity contribution in [2.45, 2.75) is 6.54 Å². The number of hydrogen-bond acceptors (Lipinski definition) is 6. The van der Waals surface area contributed by atoms with Crippen molar-refractivity contribution >= 4 is 34.8 Å². The summed E-state index contributed by atoms with van der Waals surface area (Å²) >= 11 is 1.56. The Morgan fingerprint density at radius 3 is 2.96 bits per heavy atom. The zero-order valence-electron chi connectivity index (χ0n) is 13.5. The first-order chi connectivity index (χ1) is 12.0. The van der Waals surface area contributed by atoms with Gasteiger partial charge in [0.05, 0.1) is 17.8 Å². The van der Waals surface area contributed by atoms with Gasteiger partial charge in [-0.25, -0.2) is 4.79 Å². The Morgan fingerprint density at radius 1 is 1.36 bits per heavy atom. The second kappa shape index (κ2) is 7.35. The molecule has 0 aliphatic carbocycles. The Balaban J connectivity index is 1.55. The average Bonchev–Trinajstić information content (AvgIpc) is 3.11. The highest BCUT2D eigenvalue weighted by molar-refractivity contribution is 7.09. The first-order valence-corrected chi connectivity index (χ1v) is 8.41. The number of anilines is 1. The monoisotopic (exact) mass is 360 g/mol. The van der Waals surface area contributed by atoms with E-state index in [1.807, 2.05) is 17.5 Å². The summed E-state index contributed by atoms with van der Waals surface area (Å²) in [6.45, 7) is 0.0350. The number of fused-ring (bicyclic) bond motifs is 1. The van der Waals surface area contributed by atoms with Crippen molar-refractivity contribution in [3.63, 3.8) is 0 Å². The largest absolute Gasteiger partial charge is 0.482 e. The number of nitrogens with zero attached hydrogens (tertiary/aromatic N) is 1. The second-order valence-corrected chi connectivity index (χ2v) is 6.49. The fourth-order valence-electron chi connectivity index (χ4n) is 2.25. The predicted octanol–water partition coefficient (Wildman–Crippen LogP) is 1.89. The molecule has 2 amide bonds. The minimum atomic E-state index is -0.624. The van der Waals surface area contributed by atoms with Crippen LogP contribution in [0.15, 0.2) is 35.7 Å². The quantitative estimate of drug-likeness (QED) is 0.823. The molecular weight excluding hydrogens is 344 g/mol. The van der Waals surface area contributed by atoms with Gasteiger partial charge < -0.3 is 19.7 Å². The van der Waals surface area contributed by atoms with Crippen molar-refractivity contribution in [1.29, 1.82) is 0 Å². The van der Waals surface area contributed by atoms with E-state index < -0.39 is 5.97 Å². The van der Waals surface area contributed by atoms with Crippen molar-refractivity contribution in [3.8, 4) is 5.75 Å². The zero-order chi connectivity index (χ0) is 17.8. The minimum Gasteiger partial charge on any atom is -0.482 e. The van der Waals surface area contributed by atoms with Gasteiger partial charge in [-0.2, -0.15) is 0 Å². The number of amides is 2. The molecule has 3 rings (SSSR count). The molecule has 7 nitrogen and oxygen atoms in total. The average molecular weight is 360 g/mol. The van der Waals surface area contributed by atoms with E-state index in [4.69, 9.17) is 9.47 Å². The molecule has 0 saturated carbocycles. The number of carbonyl (C=O) groups is 3. The maximum absolute atomic E-state index is 12.1. The van der Waals surface area contributed by atoms with Crippen LogP contribution in [0, 0.1) is 0 Å². The Labute approximate surface area is 148 Å². The van der Waals surface area contributed by atoms with Crippen LogP contribution in [-0.4, -0.2) is 42.9 Å². The van der Waals surface area contributed by atoms with Gasteiger partial charge >= 0.3 is 5.97 Å². The lowest BCUT2D eigenvalue weighted by Crippen LogP contribution is -2.30. The number of ether oxygens (including phenoxy) is 2. The molecule has 0 atom stereocenters. The summed E-state index contributed by atoms with van der Waals surface area (Å²) in [5.41, 5.74) is 0.753. The molecular formula is C17H16N2O5S. The summed E-state index contributed by atoms with van der Waals surface area (Å²) < 4.78 is 10.3. The zero-order valence-corrected chi connectivity index (χ0v) is 14.3. The van der Waals surface area contributed by atoms with E-state index in [1.165, 1.54) is 17.0 Å². The molecule has 2 heterocycles. The Hall–Kier alpha value is -2.87. The third-order valence-corrected chi connectivity index (χ3v) is 4.44. The maximum Gasteiger partial charge on any atom is 0.338 e. The summed E-state index contributed by atoms with van der Waals surface area (Å²) in [5, 5.41) is 4.58. The molecule has 1 aliphatic rings. The summed E-state index contributed by atoms with van der Waals surface area (Å²) in [5.74, 6) is -0.762.